The molecule has 1 unspecified atom stereocenters. The predicted molar refractivity (Wildman–Crippen MR) is 95.1 cm³/mol. The smallest absolute Gasteiger partial charge is 0.224 e. The molecule has 1 aliphatic heterocycles. The Labute approximate surface area is 141 Å². The van der Waals surface area contributed by atoms with Gasteiger partial charge in [0.1, 0.15) is 5.82 Å². The van der Waals surface area contributed by atoms with Crippen LogP contribution in [0, 0.1) is 6.92 Å². The Hall–Kier alpha value is -1.73. The first-order valence-electron chi connectivity index (χ1n) is 8.00. The van der Waals surface area contributed by atoms with Gasteiger partial charge >= 0.3 is 0 Å². The number of anilines is 2. The van der Waals surface area contributed by atoms with Crippen molar-refractivity contribution in [2.24, 2.45) is 0 Å². The van der Waals surface area contributed by atoms with Crippen molar-refractivity contribution in [3.63, 3.8) is 0 Å². The van der Waals surface area contributed by atoms with Crippen molar-refractivity contribution in [1.82, 2.24) is 19.9 Å². The number of aryl methyl sites for hydroxylation is 1. The molecule has 6 nitrogen and oxygen atoms in total. The van der Waals surface area contributed by atoms with Crippen LogP contribution in [0.4, 0.5) is 11.8 Å². The van der Waals surface area contributed by atoms with Gasteiger partial charge in [0.15, 0.2) is 0 Å². The average molecular weight is 332 g/mol. The number of nitrogens with zero attached hydrogens (tertiary/aromatic N) is 5. The second-order valence-electron chi connectivity index (χ2n) is 6.21. The standard InChI is InChI=1S/C16H24N6S/c1-12-14(23-11-18-12)10-22-8-4-5-13(9-22)19-16-17-7-6-15(20-16)21(2)3/h6-7,11,13H,4-5,8-10H2,1-3H3,(H,17,19,20). The number of aromatic nitrogens is 3. The fourth-order valence-corrected chi connectivity index (χ4v) is 3.67. The van der Waals surface area contributed by atoms with Crippen molar-refractivity contribution in [3.05, 3.63) is 28.3 Å². The van der Waals surface area contributed by atoms with Crippen LogP contribution in [-0.4, -0.2) is 53.1 Å². The number of rotatable bonds is 5. The molecule has 3 heterocycles. The fourth-order valence-electron chi connectivity index (χ4n) is 2.85. The molecule has 124 valence electrons. The molecule has 7 heteroatoms. The van der Waals surface area contributed by atoms with Crippen LogP contribution < -0.4 is 10.2 Å². The van der Waals surface area contributed by atoms with Crippen LogP contribution in [-0.2, 0) is 6.54 Å². The number of thiazole rings is 1. The maximum absolute atomic E-state index is 4.56. The quantitative estimate of drug-likeness (QED) is 0.907. The van der Waals surface area contributed by atoms with E-state index in [-0.39, 0.29) is 0 Å². The van der Waals surface area contributed by atoms with E-state index in [9.17, 15) is 0 Å². The molecule has 1 N–H and O–H groups in total. The van der Waals surface area contributed by atoms with Crippen molar-refractivity contribution in [2.75, 3.05) is 37.4 Å². The molecule has 0 aromatic carbocycles. The van der Waals surface area contributed by atoms with Crippen LogP contribution >= 0.6 is 11.3 Å². The molecular formula is C16H24N6S. The largest absolute Gasteiger partial charge is 0.363 e. The topological polar surface area (TPSA) is 57.2 Å². The third kappa shape index (κ3) is 4.17. The second-order valence-corrected chi connectivity index (χ2v) is 7.15. The first-order valence-corrected chi connectivity index (χ1v) is 8.88. The van der Waals surface area contributed by atoms with Gasteiger partial charge in [-0.1, -0.05) is 0 Å². The molecule has 0 aliphatic carbocycles. The molecule has 3 rings (SSSR count). The van der Waals surface area contributed by atoms with E-state index in [0.717, 1.165) is 43.5 Å². The number of piperidine rings is 1. The van der Waals surface area contributed by atoms with E-state index in [1.807, 2.05) is 36.8 Å². The van der Waals surface area contributed by atoms with Crippen LogP contribution in [0.5, 0.6) is 0 Å². The summed E-state index contributed by atoms with van der Waals surface area (Å²) in [5.41, 5.74) is 3.09. The summed E-state index contributed by atoms with van der Waals surface area (Å²) < 4.78 is 0. The Morgan fingerprint density at radius 3 is 3.00 bits per heavy atom. The highest BCUT2D eigenvalue weighted by Crippen LogP contribution is 2.20. The minimum atomic E-state index is 0.398. The Morgan fingerprint density at radius 1 is 1.39 bits per heavy atom. The maximum atomic E-state index is 4.56. The highest BCUT2D eigenvalue weighted by Gasteiger charge is 2.21. The van der Waals surface area contributed by atoms with E-state index in [1.165, 1.54) is 11.3 Å². The van der Waals surface area contributed by atoms with E-state index in [2.05, 4.69) is 32.1 Å². The van der Waals surface area contributed by atoms with Crippen molar-refractivity contribution in [1.29, 1.82) is 0 Å². The molecule has 0 radical (unpaired) electrons. The lowest BCUT2D eigenvalue weighted by molar-refractivity contribution is 0.209. The summed E-state index contributed by atoms with van der Waals surface area (Å²) in [6.45, 7) is 5.25. The molecule has 1 aliphatic rings. The molecule has 1 saturated heterocycles. The lowest BCUT2D eigenvalue weighted by atomic mass is 10.1. The summed E-state index contributed by atoms with van der Waals surface area (Å²) in [6, 6.07) is 2.32. The summed E-state index contributed by atoms with van der Waals surface area (Å²) in [4.78, 5) is 19.1. The Morgan fingerprint density at radius 2 is 2.26 bits per heavy atom. The number of likely N-dealkylation sites (tertiary alicyclic amines) is 1. The lowest BCUT2D eigenvalue weighted by Gasteiger charge is -2.33. The van der Waals surface area contributed by atoms with E-state index in [1.54, 1.807) is 11.3 Å². The normalized spacial score (nSPS) is 18.8. The van der Waals surface area contributed by atoms with Crippen molar-refractivity contribution in [2.45, 2.75) is 32.4 Å². The maximum Gasteiger partial charge on any atom is 0.224 e. The van der Waals surface area contributed by atoms with Gasteiger partial charge in [0.2, 0.25) is 5.95 Å². The first-order chi connectivity index (χ1) is 11.1. The predicted octanol–water partition coefficient (Wildman–Crippen LogP) is 2.38. The van der Waals surface area contributed by atoms with Gasteiger partial charge in [-0.2, -0.15) is 4.98 Å². The van der Waals surface area contributed by atoms with Gasteiger partial charge in [0, 0.05) is 44.3 Å². The minimum absolute atomic E-state index is 0.398. The van der Waals surface area contributed by atoms with Gasteiger partial charge in [-0.25, -0.2) is 9.97 Å². The molecular weight excluding hydrogens is 308 g/mol. The molecule has 0 spiro atoms. The van der Waals surface area contributed by atoms with Crippen molar-refractivity contribution in [3.8, 4) is 0 Å². The first kappa shape index (κ1) is 16.1. The zero-order valence-corrected chi connectivity index (χ0v) is 14.8. The number of nitrogens with one attached hydrogen (secondary N) is 1. The van der Waals surface area contributed by atoms with Gasteiger partial charge < -0.3 is 10.2 Å². The molecule has 23 heavy (non-hydrogen) atoms. The SMILES string of the molecule is Cc1ncsc1CN1CCCC(Nc2nccc(N(C)C)n2)C1. The van der Waals surface area contributed by atoms with Crippen molar-refractivity contribution >= 4 is 23.1 Å². The Kier molecular flexibility index (Phi) is 5.07. The third-order valence-corrected chi connectivity index (χ3v) is 5.07. The molecule has 0 saturated carbocycles. The lowest BCUT2D eigenvalue weighted by Crippen LogP contribution is -2.41. The highest BCUT2D eigenvalue weighted by molar-refractivity contribution is 7.09. The summed E-state index contributed by atoms with van der Waals surface area (Å²) in [5, 5.41) is 3.50. The second kappa shape index (κ2) is 7.23. The Balaban J connectivity index is 1.60. The number of hydrogen-bond donors (Lipinski definition) is 1. The van der Waals surface area contributed by atoms with Crippen LogP contribution in [0.1, 0.15) is 23.4 Å². The van der Waals surface area contributed by atoms with E-state index in [0.29, 0.717) is 6.04 Å². The van der Waals surface area contributed by atoms with Gasteiger partial charge in [-0.05, 0) is 32.4 Å². The summed E-state index contributed by atoms with van der Waals surface area (Å²) in [6.07, 6.45) is 4.17. The summed E-state index contributed by atoms with van der Waals surface area (Å²) >= 11 is 1.75. The van der Waals surface area contributed by atoms with E-state index < -0.39 is 0 Å². The van der Waals surface area contributed by atoms with Crippen LogP contribution in [0.3, 0.4) is 0 Å². The van der Waals surface area contributed by atoms with Gasteiger partial charge in [-0.15, -0.1) is 11.3 Å². The Bertz CT molecular complexity index is 641. The molecule has 0 amide bonds. The third-order valence-electron chi connectivity index (χ3n) is 4.15. The van der Waals surface area contributed by atoms with E-state index in [4.69, 9.17) is 0 Å². The fraction of sp³-hybridized carbons (Fsp3) is 0.562. The van der Waals surface area contributed by atoms with Gasteiger partial charge in [0.25, 0.3) is 0 Å². The van der Waals surface area contributed by atoms with Crippen LogP contribution in [0.2, 0.25) is 0 Å². The van der Waals surface area contributed by atoms with Crippen molar-refractivity contribution < 1.29 is 0 Å². The average Bonchev–Trinajstić information content (AvgIpc) is 2.93. The molecule has 1 atom stereocenters. The van der Waals surface area contributed by atoms with Gasteiger partial charge in [-0.3, -0.25) is 4.90 Å². The minimum Gasteiger partial charge on any atom is -0.363 e. The van der Waals surface area contributed by atoms with E-state index >= 15 is 0 Å². The highest BCUT2D eigenvalue weighted by atomic mass is 32.1. The van der Waals surface area contributed by atoms with Crippen LogP contribution in [0.15, 0.2) is 17.8 Å². The zero-order valence-electron chi connectivity index (χ0n) is 14.0. The summed E-state index contributed by atoms with van der Waals surface area (Å²) in [5.74, 6) is 1.65. The molecule has 0 bridgehead atoms. The molecule has 2 aromatic rings. The zero-order chi connectivity index (χ0) is 16.2. The monoisotopic (exact) mass is 332 g/mol. The van der Waals surface area contributed by atoms with Crippen LogP contribution in [0.25, 0.3) is 0 Å². The summed E-state index contributed by atoms with van der Waals surface area (Å²) in [7, 11) is 3.98. The molecule has 2 aromatic heterocycles. The molecule has 1 fully saturated rings. The number of hydrogen-bond acceptors (Lipinski definition) is 7. The van der Waals surface area contributed by atoms with Gasteiger partial charge in [0.05, 0.1) is 11.2 Å².